The molecule has 6 nitrogen and oxygen atoms in total. The Balaban J connectivity index is 2.83. The molecule has 0 aliphatic carbocycles. The summed E-state index contributed by atoms with van der Waals surface area (Å²) in [6.07, 6.45) is 0. The third-order valence-corrected chi connectivity index (χ3v) is 2.26. The molecule has 0 saturated carbocycles. The van der Waals surface area contributed by atoms with E-state index in [9.17, 15) is 0 Å². The maximum atomic E-state index is 8.70. The van der Waals surface area contributed by atoms with Crippen molar-refractivity contribution in [3.05, 3.63) is 23.8 Å². The first-order valence-corrected chi connectivity index (χ1v) is 5.59. The van der Waals surface area contributed by atoms with E-state index in [0.29, 0.717) is 36.9 Å². The molecule has 0 heterocycles. The first-order chi connectivity index (χ1) is 8.72. The molecule has 0 aromatic heterocycles. The van der Waals surface area contributed by atoms with E-state index in [-0.39, 0.29) is 5.84 Å². The number of hydrogen-bond acceptors (Lipinski definition) is 5. The molecule has 0 bridgehead atoms. The van der Waals surface area contributed by atoms with Crippen LogP contribution in [-0.4, -0.2) is 38.0 Å². The number of nitrogens with zero attached hydrogens (tertiary/aromatic N) is 1. The maximum absolute atomic E-state index is 8.70. The van der Waals surface area contributed by atoms with Gasteiger partial charge < -0.3 is 25.2 Å². The second kappa shape index (κ2) is 7.39. The average Bonchev–Trinajstić information content (AvgIpc) is 2.42. The van der Waals surface area contributed by atoms with Crippen LogP contribution in [0.1, 0.15) is 12.5 Å². The SMILES string of the molecule is CCOCCOc1cc(OC)ccc1/C(N)=N/O. The molecule has 0 spiro atoms. The van der Waals surface area contributed by atoms with E-state index in [1.807, 2.05) is 6.92 Å². The summed E-state index contributed by atoms with van der Waals surface area (Å²) in [4.78, 5) is 0. The van der Waals surface area contributed by atoms with Crippen molar-refractivity contribution < 1.29 is 19.4 Å². The van der Waals surface area contributed by atoms with E-state index in [4.69, 9.17) is 25.2 Å². The number of rotatable bonds is 7. The Labute approximate surface area is 106 Å². The molecule has 0 radical (unpaired) electrons. The standard InChI is InChI=1S/C12H18N2O4/c1-3-17-6-7-18-11-8-9(16-2)4-5-10(11)12(13)14-15/h4-5,8,15H,3,6-7H2,1-2H3,(H2,13,14). The van der Waals surface area contributed by atoms with Crippen molar-refractivity contribution in [2.24, 2.45) is 10.9 Å². The van der Waals surface area contributed by atoms with Gasteiger partial charge in [-0.3, -0.25) is 0 Å². The van der Waals surface area contributed by atoms with Gasteiger partial charge in [0.25, 0.3) is 0 Å². The largest absolute Gasteiger partial charge is 0.497 e. The van der Waals surface area contributed by atoms with Crippen molar-refractivity contribution >= 4 is 5.84 Å². The normalized spacial score (nSPS) is 11.3. The molecule has 100 valence electrons. The van der Waals surface area contributed by atoms with Crippen LogP contribution in [0.5, 0.6) is 11.5 Å². The van der Waals surface area contributed by atoms with E-state index in [0.717, 1.165) is 0 Å². The Morgan fingerprint density at radius 1 is 1.39 bits per heavy atom. The van der Waals surface area contributed by atoms with Crippen molar-refractivity contribution in [1.82, 2.24) is 0 Å². The van der Waals surface area contributed by atoms with Gasteiger partial charge in [-0.15, -0.1) is 0 Å². The van der Waals surface area contributed by atoms with Crippen molar-refractivity contribution in [2.45, 2.75) is 6.92 Å². The highest BCUT2D eigenvalue weighted by Gasteiger charge is 2.10. The van der Waals surface area contributed by atoms with E-state index in [2.05, 4.69) is 5.16 Å². The van der Waals surface area contributed by atoms with Crippen LogP contribution >= 0.6 is 0 Å². The lowest BCUT2D eigenvalue weighted by Gasteiger charge is -2.12. The minimum atomic E-state index is -0.0101. The molecule has 1 rings (SSSR count). The van der Waals surface area contributed by atoms with Gasteiger partial charge in [-0.1, -0.05) is 5.16 Å². The van der Waals surface area contributed by atoms with Crippen molar-refractivity contribution in [3.63, 3.8) is 0 Å². The van der Waals surface area contributed by atoms with Gasteiger partial charge in [0, 0.05) is 12.7 Å². The van der Waals surface area contributed by atoms with Crippen LogP contribution in [0.25, 0.3) is 0 Å². The maximum Gasteiger partial charge on any atom is 0.173 e. The lowest BCUT2D eigenvalue weighted by atomic mass is 10.2. The summed E-state index contributed by atoms with van der Waals surface area (Å²) in [6, 6.07) is 5.06. The van der Waals surface area contributed by atoms with Crippen LogP contribution in [0, 0.1) is 0 Å². The van der Waals surface area contributed by atoms with Crippen molar-refractivity contribution in [2.75, 3.05) is 26.9 Å². The zero-order chi connectivity index (χ0) is 13.4. The molecule has 0 amide bonds. The molecule has 6 heteroatoms. The fraction of sp³-hybridized carbons (Fsp3) is 0.417. The molecular weight excluding hydrogens is 236 g/mol. The van der Waals surface area contributed by atoms with E-state index < -0.39 is 0 Å². The van der Waals surface area contributed by atoms with Gasteiger partial charge in [-0.2, -0.15) is 0 Å². The predicted molar refractivity (Wildman–Crippen MR) is 67.5 cm³/mol. The molecular formula is C12H18N2O4. The fourth-order valence-electron chi connectivity index (χ4n) is 1.37. The highest BCUT2D eigenvalue weighted by atomic mass is 16.5. The summed E-state index contributed by atoms with van der Waals surface area (Å²) in [5, 5.41) is 11.7. The van der Waals surface area contributed by atoms with Crippen LogP contribution < -0.4 is 15.2 Å². The molecule has 0 fully saturated rings. The molecule has 0 saturated heterocycles. The summed E-state index contributed by atoms with van der Waals surface area (Å²) in [6.45, 7) is 3.40. The second-order valence-corrected chi connectivity index (χ2v) is 3.39. The smallest absolute Gasteiger partial charge is 0.173 e. The zero-order valence-corrected chi connectivity index (χ0v) is 10.5. The molecule has 18 heavy (non-hydrogen) atoms. The van der Waals surface area contributed by atoms with Gasteiger partial charge in [0.1, 0.15) is 18.1 Å². The number of benzene rings is 1. The molecule has 1 aromatic rings. The van der Waals surface area contributed by atoms with Crippen LogP contribution in [-0.2, 0) is 4.74 Å². The summed E-state index contributed by atoms with van der Waals surface area (Å²) in [5.74, 6) is 1.12. The average molecular weight is 254 g/mol. The number of methoxy groups -OCH3 is 1. The van der Waals surface area contributed by atoms with Crippen LogP contribution in [0.15, 0.2) is 23.4 Å². The van der Waals surface area contributed by atoms with Gasteiger partial charge in [0.15, 0.2) is 5.84 Å². The van der Waals surface area contributed by atoms with E-state index >= 15 is 0 Å². The minimum Gasteiger partial charge on any atom is -0.497 e. The number of oxime groups is 1. The molecule has 0 unspecified atom stereocenters. The summed E-state index contributed by atoms with van der Waals surface area (Å²) < 4.78 is 15.8. The van der Waals surface area contributed by atoms with Gasteiger partial charge in [0.2, 0.25) is 0 Å². The Hall–Kier alpha value is -1.95. The Bertz CT molecular complexity index is 407. The summed E-state index contributed by atoms with van der Waals surface area (Å²) in [7, 11) is 1.56. The van der Waals surface area contributed by atoms with Crippen molar-refractivity contribution in [1.29, 1.82) is 0 Å². The van der Waals surface area contributed by atoms with Crippen LogP contribution in [0.2, 0.25) is 0 Å². The first-order valence-electron chi connectivity index (χ1n) is 5.59. The van der Waals surface area contributed by atoms with Crippen molar-refractivity contribution in [3.8, 4) is 11.5 Å². The predicted octanol–water partition coefficient (Wildman–Crippen LogP) is 1.20. The molecule has 0 aliphatic rings. The van der Waals surface area contributed by atoms with Gasteiger partial charge in [-0.05, 0) is 19.1 Å². The molecule has 0 aliphatic heterocycles. The Morgan fingerprint density at radius 2 is 2.17 bits per heavy atom. The lowest BCUT2D eigenvalue weighted by molar-refractivity contribution is 0.110. The Kier molecular flexibility index (Phi) is 5.79. The van der Waals surface area contributed by atoms with Crippen LogP contribution in [0.3, 0.4) is 0 Å². The topological polar surface area (TPSA) is 86.3 Å². The monoisotopic (exact) mass is 254 g/mol. The number of ether oxygens (including phenoxy) is 3. The third kappa shape index (κ3) is 3.81. The number of hydrogen-bond donors (Lipinski definition) is 2. The Morgan fingerprint density at radius 3 is 2.78 bits per heavy atom. The highest BCUT2D eigenvalue weighted by Crippen LogP contribution is 2.24. The number of amidine groups is 1. The molecule has 1 aromatic carbocycles. The highest BCUT2D eigenvalue weighted by molar-refractivity contribution is 5.99. The van der Waals surface area contributed by atoms with Gasteiger partial charge in [-0.25, -0.2) is 0 Å². The lowest BCUT2D eigenvalue weighted by Crippen LogP contribution is -2.16. The zero-order valence-electron chi connectivity index (χ0n) is 10.5. The third-order valence-electron chi connectivity index (χ3n) is 2.26. The summed E-state index contributed by atoms with van der Waals surface area (Å²) in [5.41, 5.74) is 6.07. The summed E-state index contributed by atoms with van der Waals surface area (Å²) >= 11 is 0. The first kappa shape index (κ1) is 14.1. The van der Waals surface area contributed by atoms with Crippen LogP contribution in [0.4, 0.5) is 0 Å². The molecule has 0 atom stereocenters. The minimum absolute atomic E-state index is 0.0101. The molecule has 3 N–H and O–H groups in total. The van der Waals surface area contributed by atoms with E-state index in [1.165, 1.54) is 0 Å². The van der Waals surface area contributed by atoms with Gasteiger partial charge >= 0.3 is 0 Å². The fourth-order valence-corrected chi connectivity index (χ4v) is 1.37. The van der Waals surface area contributed by atoms with Gasteiger partial charge in [0.05, 0.1) is 19.3 Å². The number of nitrogens with two attached hydrogens (primary N) is 1. The van der Waals surface area contributed by atoms with E-state index in [1.54, 1.807) is 25.3 Å². The second-order valence-electron chi connectivity index (χ2n) is 3.39. The quantitative estimate of drug-likeness (QED) is 0.251.